The maximum absolute atomic E-state index is 10.9. The Labute approximate surface area is 112 Å². The van der Waals surface area contributed by atoms with Crippen molar-refractivity contribution >= 4 is 5.97 Å². The second-order valence-electron chi connectivity index (χ2n) is 4.76. The molecule has 0 amide bonds. The molecule has 0 radical (unpaired) electrons. The van der Waals surface area contributed by atoms with Crippen LogP contribution in [-0.2, 0) is 11.3 Å². The molecule has 6 nitrogen and oxygen atoms in total. The van der Waals surface area contributed by atoms with E-state index >= 15 is 0 Å². The lowest BCUT2D eigenvalue weighted by Crippen LogP contribution is -2.44. The van der Waals surface area contributed by atoms with Gasteiger partial charge in [0.15, 0.2) is 0 Å². The monoisotopic (exact) mass is 268 g/mol. The molecule has 0 aliphatic carbocycles. The van der Waals surface area contributed by atoms with E-state index in [9.17, 15) is 4.79 Å². The van der Waals surface area contributed by atoms with Crippen LogP contribution >= 0.6 is 0 Å². The predicted molar refractivity (Wildman–Crippen MR) is 69.2 cm³/mol. The Bertz CT molecular complexity index is 413. The van der Waals surface area contributed by atoms with Crippen molar-refractivity contribution in [1.82, 2.24) is 10.2 Å². The summed E-state index contributed by atoms with van der Waals surface area (Å²) in [6.07, 6.45) is 1.41. The summed E-state index contributed by atoms with van der Waals surface area (Å²) in [6, 6.07) is 1.75. The van der Waals surface area contributed by atoms with Crippen LogP contribution in [-0.4, -0.2) is 54.9 Å². The molecule has 1 fully saturated rings. The molecule has 1 aliphatic rings. The molecular weight excluding hydrogens is 248 g/mol. The van der Waals surface area contributed by atoms with Gasteiger partial charge in [-0.05, 0) is 13.0 Å². The van der Waals surface area contributed by atoms with Crippen LogP contribution in [0.1, 0.15) is 23.0 Å². The van der Waals surface area contributed by atoms with Gasteiger partial charge in [0.25, 0.3) is 0 Å². The largest absolute Gasteiger partial charge is 0.478 e. The van der Waals surface area contributed by atoms with Crippen LogP contribution in [0.4, 0.5) is 0 Å². The second-order valence-corrected chi connectivity index (χ2v) is 4.76. The van der Waals surface area contributed by atoms with Crippen LogP contribution in [0.5, 0.6) is 0 Å². The third kappa shape index (κ3) is 4.05. The lowest BCUT2D eigenvalue weighted by Gasteiger charge is -2.29. The minimum absolute atomic E-state index is 0.228. The molecule has 1 aromatic rings. The molecule has 0 aromatic carbocycles. The maximum atomic E-state index is 10.9. The van der Waals surface area contributed by atoms with Gasteiger partial charge < -0.3 is 19.6 Å². The second kappa shape index (κ2) is 6.70. The highest BCUT2D eigenvalue weighted by Gasteiger charge is 2.16. The highest BCUT2D eigenvalue weighted by atomic mass is 16.5. The summed E-state index contributed by atoms with van der Waals surface area (Å²) in [5, 5.41) is 12.3. The summed E-state index contributed by atoms with van der Waals surface area (Å²) >= 11 is 0. The molecule has 1 aromatic heterocycles. The summed E-state index contributed by atoms with van der Waals surface area (Å²) in [4.78, 5) is 13.3. The first-order valence-electron chi connectivity index (χ1n) is 6.50. The van der Waals surface area contributed by atoms with Crippen molar-refractivity contribution in [2.45, 2.75) is 19.5 Å². The van der Waals surface area contributed by atoms with Crippen LogP contribution < -0.4 is 5.32 Å². The Morgan fingerprint density at radius 2 is 2.26 bits per heavy atom. The summed E-state index contributed by atoms with van der Waals surface area (Å²) in [6.45, 7) is 6.91. The van der Waals surface area contributed by atoms with Gasteiger partial charge in [-0.15, -0.1) is 0 Å². The molecule has 0 bridgehead atoms. The summed E-state index contributed by atoms with van der Waals surface area (Å²) in [7, 11) is 0. The number of nitrogens with zero attached hydrogens (tertiary/aromatic N) is 1. The summed E-state index contributed by atoms with van der Waals surface area (Å²) in [5.41, 5.74) is 0.228. The number of furan rings is 1. The van der Waals surface area contributed by atoms with Crippen molar-refractivity contribution in [3.63, 3.8) is 0 Å². The van der Waals surface area contributed by atoms with E-state index in [0.717, 1.165) is 32.8 Å². The maximum Gasteiger partial charge on any atom is 0.339 e. The zero-order valence-corrected chi connectivity index (χ0v) is 11.1. The van der Waals surface area contributed by atoms with Crippen molar-refractivity contribution in [2.75, 3.05) is 32.8 Å². The number of aromatic carboxylic acids is 1. The third-order valence-corrected chi connectivity index (χ3v) is 3.22. The first kappa shape index (κ1) is 14.0. The highest BCUT2D eigenvalue weighted by molar-refractivity contribution is 5.88. The zero-order valence-electron chi connectivity index (χ0n) is 11.1. The fourth-order valence-corrected chi connectivity index (χ4v) is 2.17. The van der Waals surface area contributed by atoms with Gasteiger partial charge in [-0.3, -0.25) is 4.90 Å². The minimum atomic E-state index is -0.952. The lowest BCUT2D eigenvalue weighted by molar-refractivity contribution is 0.0342. The minimum Gasteiger partial charge on any atom is -0.478 e. The molecule has 0 spiro atoms. The van der Waals surface area contributed by atoms with Crippen molar-refractivity contribution in [3.05, 3.63) is 23.7 Å². The van der Waals surface area contributed by atoms with E-state index in [1.807, 2.05) is 0 Å². The van der Waals surface area contributed by atoms with Crippen LogP contribution in [0.3, 0.4) is 0 Å². The molecule has 1 atom stereocenters. The van der Waals surface area contributed by atoms with Crippen LogP contribution in [0.15, 0.2) is 16.7 Å². The molecule has 1 aliphatic heterocycles. The van der Waals surface area contributed by atoms with Crippen molar-refractivity contribution in [1.29, 1.82) is 0 Å². The van der Waals surface area contributed by atoms with Gasteiger partial charge in [-0.1, -0.05) is 0 Å². The fraction of sp³-hybridized carbons (Fsp3) is 0.615. The van der Waals surface area contributed by atoms with Gasteiger partial charge >= 0.3 is 5.97 Å². The van der Waals surface area contributed by atoms with E-state index in [2.05, 4.69) is 17.1 Å². The van der Waals surface area contributed by atoms with Gasteiger partial charge in [0.2, 0.25) is 0 Å². The molecule has 2 rings (SSSR count). The molecule has 6 heteroatoms. The van der Waals surface area contributed by atoms with Crippen molar-refractivity contribution < 1.29 is 19.1 Å². The number of carbonyl (C=O) groups is 1. The Morgan fingerprint density at radius 1 is 1.53 bits per heavy atom. The lowest BCUT2D eigenvalue weighted by atomic mass is 10.2. The number of hydrogen-bond donors (Lipinski definition) is 2. The first-order chi connectivity index (χ1) is 9.16. The standard InChI is InChI=1S/C13H20N2O4/c1-10(9-15-3-6-18-7-4-15)14-8-12-11(13(16)17)2-5-19-12/h2,5,10,14H,3-4,6-9H2,1H3,(H,16,17). The fourth-order valence-electron chi connectivity index (χ4n) is 2.17. The van der Waals surface area contributed by atoms with E-state index in [1.165, 1.54) is 12.3 Å². The topological polar surface area (TPSA) is 74.9 Å². The van der Waals surface area contributed by atoms with Crippen LogP contribution in [0, 0.1) is 0 Å². The van der Waals surface area contributed by atoms with Gasteiger partial charge in [-0.2, -0.15) is 0 Å². The number of hydrogen-bond acceptors (Lipinski definition) is 5. The molecule has 2 N–H and O–H groups in total. The molecule has 19 heavy (non-hydrogen) atoms. The first-order valence-corrected chi connectivity index (χ1v) is 6.50. The Morgan fingerprint density at radius 3 is 2.95 bits per heavy atom. The zero-order chi connectivity index (χ0) is 13.7. The Kier molecular flexibility index (Phi) is 4.95. The molecule has 0 saturated carbocycles. The Balaban J connectivity index is 1.77. The van der Waals surface area contributed by atoms with Crippen molar-refractivity contribution in [3.8, 4) is 0 Å². The smallest absolute Gasteiger partial charge is 0.339 e. The molecule has 1 unspecified atom stereocenters. The quantitative estimate of drug-likeness (QED) is 0.794. The Hall–Kier alpha value is -1.37. The average molecular weight is 268 g/mol. The summed E-state index contributed by atoms with van der Waals surface area (Å²) in [5.74, 6) is -0.479. The number of rotatable bonds is 6. The third-order valence-electron chi connectivity index (χ3n) is 3.22. The van der Waals surface area contributed by atoms with Gasteiger partial charge in [0.05, 0.1) is 26.0 Å². The number of nitrogens with one attached hydrogen (secondary N) is 1. The van der Waals surface area contributed by atoms with Gasteiger partial charge in [-0.25, -0.2) is 4.79 Å². The van der Waals surface area contributed by atoms with Crippen LogP contribution in [0.25, 0.3) is 0 Å². The SMILES string of the molecule is CC(CN1CCOCC1)NCc1occc1C(=O)O. The van der Waals surface area contributed by atoms with E-state index in [-0.39, 0.29) is 11.6 Å². The number of carboxylic acid groups (broad SMARTS) is 1. The number of ether oxygens (including phenoxy) is 1. The van der Waals surface area contributed by atoms with Gasteiger partial charge in [0, 0.05) is 25.7 Å². The van der Waals surface area contributed by atoms with Gasteiger partial charge in [0.1, 0.15) is 11.3 Å². The summed E-state index contributed by atoms with van der Waals surface area (Å²) < 4.78 is 10.5. The van der Waals surface area contributed by atoms with Crippen LogP contribution in [0.2, 0.25) is 0 Å². The molecule has 2 heterocycles. The van der Waals surface area contributed by atoms with E-state index in [1.54, 1.807) is 0 Å². The number of carboxylic acids is 1. The average Bonchev–Trinajstić information content (AvgIpc) is 2.86. The van der Waals surface area contributed by atoms with E-state index < -0.39 is 5.97 Å². The highest BCUT2D eigenvalue weighted by Crippen LogP contribution is 2.10. The predicted octanol–water partition coefficient (Wildman–Crippen LogP) is 0.788. The normalized spacial score (nSPS) is 18.4. The molecule has 106 valence electrons. The molecular formula is C13H20N2O4. The molecule has 1 saturated heterocycles. The van der Waals surface area contributed by atoms with Crippen molar-refractivity contribution in [2.24, 2.45) is 0 Å². The van der Waals surface area contributed by atoms with E-state index in [4.69, 9.17) is 14.3 Å². The number of morpholine rings is 1. The van der Waals surface area contributed by atoms with E-state index in [0.29, 0.717) is 12.3 Å².